The highest BCUT2D eigenvalue weighted by atomic mass is 32.2. The van der Waals surface area contributed by atoms with E-state index in [-0.39, 0.29) is 17.7 Å². The van der Waals surface area contributed by atoms with Crippen LogP contribution >= 0.6 is 0 Å². The monoisotopic (exact) mass is 220 g/mol. The SMILES string of the molecule is CS(=O)(=O)C1CCN(CC(N)=O)CC1. The van der Waals surface area contributed by atoms with E-state index in [0.717, 1.165) is 0 Å². The van der Waals surface area contributed by atoms with Crippen LogP contribution in [-0.2, 0) is 14.6 Å². The molecule has 0 aromatic heterocycles. The third-order valence-electron chi connectivity index (χ3n) is 2.52. The van der Waals surface area contributed by atoms with E-state index in [2.05, 4.69) is 0 Å². The minimum Gasteiger partial charge on any atom is -0.369 e. The van der Waals surface area contributed by atoms with Crippen molar-refractivity contribution in [3.8, 4) is 0 Å². The number of piperidine rings is 1. The summed E-state index contributed by atoms with van der Waals surface area (Å²) >= 11 is 0. The predicted octanol–water partition coefficient (Wildman–Crippen LogP) is -1.02. The molecule has 0 atom stereocenters. The van der Waals surface area contributed by atoms with Gasteiger partial charge in [-0.15, -0.1) is 0 Å². The fraction of sp³-hybridized carbons (Fsp3) is 0.875. The van der Waals surface area contributed by atoms with Gasteiger partial charge in [-0.25, -0.2) is 8.42 Å². The van der Waals surface area contributed by atoms with Crippen molar-refractivity contribution in [2.45, 2.75) is 18.1 Å². The smallest absolute Gasteiger partial charge is 0.231 e. The summed E-state index contributed by atoms with van der Waals surface area (Å²) < 4.78 is 22.4. The Morgan fingerprint density at radius 1 is 1.43 bits per heavy atom. The maximum absolute atomic E-state index is 11.2. The van der Waals surface area contributed by atoms with Crippen LogP contribution in [0.1, 0.15) is 12.8 Å². The summed E-state index contributed by atoms with van der Waals surface area (Å²) in [5.74, 6) is -0.359. The van der Waals surface area contributed by atoms with E-state index in [1.54, 1.807) is 0 Å². The molecule has 1 heterocycles. The molecule has 0 spiro atoms. The van der Waals surface area contributed by atoms with Crippen molar-refractivity contribution in [3.63, 3.8) is 0 Å². The van der Waals surface area contributed by atoms with Crippen molar-refractivity contribution in [2.24, 2.45) is 5.73 Å². The topological polar surface area (TPSA) is 80.5 Å². The van der Waals surface area contributed by atoms with Gasteiger partial charge in [-0.2, -0.15) is 0 Å². The highest BCUT2D eigenvalue weighted by Gasteiger charge is 2.26. The molecule has 1 rings (SSSR count). The molecule has 1 aliphatic rings. The van der Waals surface area contributed by atoms with Gasteiger partial charge in [-0.05, 0) is 25.9 Å². The average molecular weight is 220 g/mol. The van der Waals surface area contributed by atoms with Crippen LogP contribution in [0.5, 0.6) is 0 Å². The average Bonchev–Trinajstić information content (AvgIpc) is 2.02. The number of carbonyl (C=O) groups excluding carboxylic acids is 1. The molecule has 0 bridgehead atoms. The van der Waals surface area contributed by atoms with E-state index in [9.17, 15) is 13.2 Å². The van der Waals surface area contributed by atoms with Crippen molar-refractivity contribution in [2.75, 3.05) is 25.9 Å². The second-order valence-corrected chi connectivity index (χ2v) is 6.10. The zero-order valence-electron chi connectivity index (χ0n) is 8.27. The van der Waals surface area contributed by atoms with Crippen LogP contribution in [0.2, 0.25) is 0 Å². The molecule has 1 saturated heterocycles. The normalized spacial score (nSPS) is 20.9. The largest absolute Gasteiger partial charge is 0.369 e. The maximum Gasteiger partial charge on any atom is 0.231 e. The number of nitrogens with two attached hydrogens (primary N) is 1. The van der Waals surface area contributed by atoms with Gasteiger partial charge in [0.05, 0.1) is 11.8 Å². The van der Waals surface area contributed by atoms with Gasteiger partial charge in [0.1, 0.15) is 9.84 Å². The molecule has 5 nitrogen and oxygen atoms in total. The Kier molecular flexibility index (Phi) is 3.49. The summed E-state index contributed by atoms with van der Waals surface area (Å²) in [5, 5.41) is -0.244. The molecule has 0 aliphatic carbocycles. The number of nitrogens with zero attached hydrogens (tertiary/aromatic N) is 1. The maximum atomic E-state index is 11.2. The molecular weight excluding hydrogens is 204 g/mol. The van der Waals surface area contributed by atoms with Crippen molar-refractivity contribution in [3.05, 3.63) is 0 Å². The van der Waals surface area contributed by atoms with Crippen molar-refractivity contribution >= 4 is 15.7 Å². The summed E-state index contributed by atoms with van der Waals surface area (Å²) in [7, 11) is -2.92. The van der Waals surface area contributed by atoms with Gasteiger partial charge in [-0.3, -0.25) is 9.69 Å². The Morgan fingerprint density at radius 3 is 2.29 bits per heavy atom. The molecule has 1 aliphatic heterocycles. The van der Waals surface area contributed by atoms with E-state index in [1.165, 1.54) is 6.26 Å². The predicted molar refractivity (Wildman–Crippen MR) is 53.5 cm³/mol. The fourth-order valence-electron chi connectivity index (χ4n) is 1.72. The lowest BCUT2D eigenvalue weighted by Crippen LogP contribution is -2.42. The molecule has 0 aromatic rings. The van der Waals surface area contributed by atoms with E-state index in [1.807, 2.05) is 4.90 Å². The number of likely N-dealkylation sites (tertiary alicyclic amines) is 1. The van der Waals surface area contributed by atoms with E-state index in [4.69, 9.17) is 5.73 Å². The quantitative estimate of drug-likeness (QED) is 0.660. The van der Waals surface area contributed by atoms with Gasteiger partial charge in [0, 0.05) is 6.26 Å². The zero-order chi connectivity index (χ0) is 10.8. The zero-order valence-corrected chi connectivity index (χ0v) is 9.09. The summed E-state index contributed by atoms with van der Waals surface area (Å²) in [5.41, 5.74) is 5.04. The third kappa shape index (κ3) is 3.26. The molecule has 0 aromatic carbocycles. The van der Waals surface area contributed by atoms with Gasteiger partial charge in [-0.1, -0.05) is 0 Å². The number of carbonyl (C=O) groups is 1. The van der Waals surface area contributed by atoms with Gasteiger partial charge in [0.25, 0.3) is 0 Å². The van der Waals surface area contributed by atoms with Crippen molar-refractivity contribution in [1.29, 1.82) is 0 Å². The Bertz CT molecular complexity index is 305. The standard InChI is InChI=1S/C8H16N2O3S/c1-14(12,13)7-2-4-10(5-3-7)6-8(9)11/h7H,2-6H2,1H3,(H2,9,11). The molecule has 0 radical (unpaired) electrons. The van der Waals surface area contributed by atoms with E-state index in [0.29, 0.717) is 25.9 Å². The molecule has 6 heteroatoms. The molecular formula is C8H16N2O3S. The van der Waals surface area contributed by atoms with Crippen LogP contribution in [0.4, 0.5) is 0 Å². The summed E-state index contributed by atoms with van der Waals surface area (Å²) in [6.45, 7) is 1.51. The molecule has 2 N–H and O–H groups in total. The minimum absolute atomic E-state index is 0.233. The lowest BCUT2D eigenvalue weighted by Gasteiger charge is -2.29. The van der Waals surface area contributed by atoms with Crippen molar-refractivity contribution < 1.29 is 13.2 Å². The number of hydrogen-bond acceptors (Lipinski definition) is 4. The fourth-order valence-corrected chi connectivity index (χ4v) is 2.78. The van der Waals surface area contributed by atoms with Gasteiger partial charge < -0.3 is 5.73 Å². The molecule has 1 amide bonds. The van der Waals surface area contributed by atoms with Crippen molar-refractivity contribution in [1.82, 2.24) is 4.90 Å². The van der Waals surface area contributed by atoms with Gasteiger partial charge in [0.15, 0.2) is 0 Å². The highest BCUT2D eigenvalue weighted by Crippen LogP contribution is 2.16. The Labute approximate surface area is 84.2 Å². The minimum atomic E-state index is -2.92. The van der Waals surface area contributed by atoms with Crippen LogP contribution < -0.4 is 5.73 Å². The van der Waals surface area contributed by atoms with Gasteiger partial charge >= 0.3 is 0 Å². The number of primary amides is 1. The first-order chi connectivity index (χ1) is 6.39. The van der Waals surface area contributed by atoms with Crippen LogP contribution in [-0.4, -0.2) is 50.4 Å². The molecule has 0 saturated carbocycles. The van der Waals surface area contributed by atoms with E-state index < -0.39 is 9.84 Å². The number of amides is 1. The molecule has 82 valence electrons. The molecule has 0 unspecified atom stereocenters. The van der Waals surface area contributed by atoms with E-state index >= 15 is 0 Å². The van der Waals surface area contributed by atoms with Gasteiger partial charge in [0.2, 0.25) is 5.91 Å². The first-order valence-corrected chi connectivity index (χ1v) is 6.54. The van der Waals surface area contributed by atoms with Crippen LogP contribution in [0.15, 0.2) is 0 Å². The third-order valence-corrected chi connectivity index (χ3v) is 4.20. The second-order valence-electron chi connectivity index (χ2n) is 3.77. The number of hydrogen-bond donors (Lipinski definition) is 1. The summed E-state index contributed by atoms with van der Waals surface area (Å²) in [6, 6.07) is 0. The first-order valence-electron chi connectivity index (χ1n) is 4.59. The van der Waals surface area contributed by atoms with Crippen LogP contribution in [0.3, 0.4) is 0 Å². The van der Waals surface area contributed by atoms with Crippen LogP contribution in [0, 0.1) is 0 Å². The first kappa shape index (κ1) is 11.5. The second kappa shape index (κ2) is 4.27. The molecule has 14 heavy (non-hydrogen) atoms. The summed E-state index contributed by atoms with van der Waals surface area (Å²) in [4.78, 5) is 12.5. The molecule has 1 fully saturated rings. The summed E-state index contributed by atoms with van der Waals surface area (Å²) in [6.07, 6.45) is 2.47. The van der Waals surface area contributed by atoms with Crippen LogP contribution in [0.25, 0.3) is 0 Å². The lowest BCUT2D eigenvalue weighted by molar-refractivity contribution is -0.119. The Hall–Kier alpha value is -0.620. The highest BCUT2D eigenvalue weighted by molar-refractivity contribution is 7.91. The lowest BCUT2D eigenvalue weighted by atomic mass is 10.1. The number of rotatable bonds is 3. The Morgan fingerprint density at radius 2 is 1.93 bits per heavy atom. The number of sulfone groups is 1. The Balaban J connectivity index is 2.43.